The Balaban J connectivity index is 2.22. The molecule has 0 aromatic carbocycles. The van der Waals surface area contributed by atoms with Crippen LogP contribution in [-0.2, 0) is 19.1 Å². The van der Waals surface area contributed by atoms with E-state index in [4.69, 9.17) is 4.74 Å². The van der Waals surface area contributed by atoms with E-state index in [1.165, 1.54) is 0 Å². The predicted molar refractivity (Wildman–Crippen MR) is 40.6 cm³/mol. The topological polar surface area (TPSA) is 52.6 Å². The molecular formula is C9H8O4. The van der Waals surface area contributed by atoms with Gasteiger partial charge in [-0.1, -0.05) is 0 Å². The van der Waals surface area contributed by atoms with Crippen LogP contribution in [0.15, 0.2) is 11.1 Å². The lowest BCUT2D eigenvalue weighted by Gasteiger charge is -2.19. The number of carbonyl (C=O) groups is 2. The van der Waals surface area contributed by atoms with Gasteiger partial charge < -0.3 is 9.47 Å². The Morgan fingerprint density at radius 3 is 2.85 bits per heavy atom. The van der Waals surface area contributed by atoms with Crippen molar-refractivity contribution in [1.29, 1.82) is 0 Å². The standard InChI is InChI=1S/C9H8O4/c1-9-3-2-4(13-9)5-6(9)8(11)12-7(5)10/h4H,2-3H2,1H3. The van der Waals surface area contributed by atoms with Crippen LogP contribution in [0.3, 0.4) is 0 Å². The molecule has 0 saturated carbocycles. The molecule has 2 unspecified atom stereocenters. The fourth-order valence-corrected chi connectivity index (χ4v) is 2.42. The van der Waals surface area contributed by atoms with Crippen molar-refractivity contribution < 1.29 is 19.1 Å². The van der Waals surface area contributed by atoms with Crippen LogP contribution in [0.5, 0.6) is 0 Å². The molecule has 0 aliphatic carbocycles. The van der Waals surface area contributed by atoms with Crippen LogP contribution in [0.2, 0.25) is 0 Å². The van der Waals surface area contributed by atoms with Crippen LogP contribution in [0.4, 0.5) is 0 Å². The van der Waals surface area contributed by atoms with Crippen LogP contribution in [0, 0.1) is 0 Å². The van der Waals surface area contributed by atoms with Crippen molar-refractivity contribution in [3.8, 4) is 0 Å². The summed E-state index contributed by atoms with van der Waals surface area (Å²) in [4.78, 5) is 22.5. The van der Waals surface area contributed by atoms with Crippen molar-refractivity contribution >= 4 is 11.9 Å². The minimum atomic E-state index is -0.552. The van der Waals surface area contributed by atoms with E-state index in [2.05, 4.69) is 4.74 Å². The summed E-state index contributed by atoms with van der Waals surface area (Å²) in [5.74, 6) is -1.02. The number of cyclic esters (lactones) is 2. The molecule has 0 aromatic heterocycles. The van der Waals surface area contributed by atoms with E-state index in [0.29, 0.717) is 11.1 Å². The molecule has 13 heavy (non-hydrogen) atoms. The number of hydrogen-bond acceptors (Lipinski definition) is 4. The van der Waals surface area contributed by atoms with Crippen molar-refractivity contribution in [3.05, 3.63) is 11.1 Å². The van der Waals surface area contributed by atoms with Gasteiger partial charge in [0.15, 0.2) is 0 Å². The molecular weight excluding hydrogens is 172 g/mol. The number of ether oxygens (including phenoxy) is 2. The number of fused-ring (bicyclic) bond motifs is 4. The van der Waals surface area contributed by atoms with Gasteiger partial charge in [0.1, 0.15) is 0 Å². The fraction of sp³-hybridized carbons (Fsp3) is 0.556. The van der Waals surface area contributed by atoms with Crippen molar-refractivity contribution in [2.75, 3.05) is 0 Å². The highest BCUT2D eigenvalue weighted by Gasteiger charge is 2.58. The van der Waals surface area contributed by atoms with E-state index < -0.39 is 17.5 Å². The van der Waals surface area contributed by atoms with E-state index in [0.717, 1.165) is 12.8 Å². The second-order valence-electron chi connectivity index (χ2n) is 3.84. The van der Waals surface area contributed by atoms with Crippen molar-refractivity contribution in [2.45, 2.75) is 31.5 Å². The normalized spacial score (nSPS) is 41.5. The highest BCUT2D eigenvalue weighted by Crippen LogP contribution is 2.50. The fourth-order valence-electron chi connectivity index (χ4n) is 2.42. The first-order chi connectivity index (χ1) is 6.12. The van der Waals surface area contributed by atoms with Gasteiger partial charge in [-0.3, -0.25) is 0 Å². The molecule has 0 amide bonds. The molecule has 2 atom stereocenters. The van der Waals surface area contributed by atoms with Gasteiger partial charge in [-0.25, -0.2) is 9.59 Å². The van der Waals surface area contributed by atoms with Crippen molar-refractivity contribution in [1.82, 2.24) is 0 Å². The average molecular weight is 180 g/mol. The summed E-state index contributed by atoms with van der Waals surface area (Å²) in [7, 11) is 0. The summed E-state index contributed by atoms with van der Waals surface area (Å²) >= 11 is 0. The quantitative estimate of drug-likeness (QED) is 0.398. The van der Waals surface area contributed by atoms with Crippen molar-refractivity contribution in [2.24, 2.45) is 0 Å². The molecule has 3 heterocycles. The Morgan fingerprint density at radius 1 is 1.38 bits per heavy atom. The largest absolute Gasteiger partial charge is 0.386 e. The molecule has 1 fully saturated rings. The van der Waals surface area contributed by atoms with Gasteiger partial charge in [0.25, 0.3) is 0 Å². The zero-order chi connectivity index (χ0) is 9.22. The first-order valence-electron chi connectivity index (χ1n) is 4.31. The summed E-state index contributed by atoms with van der Waals surface area (Å²) in [6.07, 6.45) is 1.43. The maximum atomic E-state index is 11.3. The van der Waals surface area contributed by atoms with Gasteiger partial charge >= 0.3 is 11.9 Å². The zero-order valence-corrected chi connectivity index (χ0v) is 7.12. The second kappa shape index (κ2) is 1.85. The van der Waals surface area contributed by atoms with Crippen LogP contribution in [0.25, 0.3) is 0 Å². The molecule has 3 aliphatic rings. The van der Waals surface area contributed by atoms with Crippen LogP contribution in [0.1, 0.15) is 19.8 Å². The predicted octanol–water partition coefficient (Wildman–Crippen LogP) is 0.318. The van der Waals surface area contributed by atoms with E-state index in [-0.39, 0.29) is 6.10 Å². The number of carbonyl (C=O) groups excluding carboxylic acids is 2. The van der Waals surface area contributed by atoms with Crippen LogP contribution >= 0.6 is 0 Å². The minimum Gasteiger partial charge on any atom is -0.386 e. The highest BCUT2D eigenvalue weighted by molar-refractivity contribution is 6.15. The first-order valence-corrected chi connectivity index (χ1v) is 4.31. The lowest BCUT2D eigenvalue weighted by molar-refractivity contribution is -0.153. The lowest BCUT2D eigenvalue weighted by Crippen LogP contribution is -2.27. The van der Waals surface area contributed by atoms with Crippen molar-refractivity contribution in [3.63, 3.8) is 0 Å². The average Bonchev–Trinajstić information content (AvgIpc) is 2.62. The zero-order valence-electron chi connectivity index (χ0n) is 7.12. The van der Waals surface area contributed by atoms with Gasteiger partial charge in [-0.05, 0) is 19.8 Å². The SMILES string of the molecule is CC12CCC(O1)C1=C2C(=O)OC1=O. The first kappa shape index (κ1) is 7.26. The number of rotatable bonds is 0. The third-order valence-electron chi connectivity index (χ3n) is 3.02. The summed E-state index contributed by atoms with van der Waals surface area (Å²) in [5.41, 5.74) is 0.385. The Morgan fingerprint density at radius 2 is 2.15 bits per heavy atom. The monoisotopic (exact) mass is 180 g/mol. The second-order valence-corrected chi connectivity index (χ2v) is 3.84. The molecule has 68 valence electrons. The molecule has 0 spiro atoms. The summed E-state index contributed by atoms with van der Waals surface area (Å²) in [5, 5.41) is 0. The Kier molecular flexibility index (Phi) is 1.03. The van der Waals surface area contributed by atoms with E-state index >= 15 is 0 Å². The Bertz CT molecular complexity index is 368. The smallest absolute Gasteiger partial charge is 0.345 e. The maximum Gasteiger partial charge on any atom is 0.345 e. The number of esters is 2. The Labute approximate surface area is 74.5 Å². The van der Waals surface area contributed by atoms with Gasteiger partial charge in [-0.2, -0.15) is 0 Å². The van der Waals surface area contributed by atoms with Gasteiger partial charge in [0.2, 0.25) is 0 Å². The van der Waals surface area contributed by atoms with E-state index in [9.17, 15) is 9.59 Å². The lowest BCUT2D eigenvalue weighted by atomic mass is 9.84. The maximum absolute atomic E-state index is 11.3. The summed E-state index contributed by atoms with van der Waals surface area (Å²) in [6, 6.07) is 0. The molecule has 0 radical (unpaired) electrons. The summed E-state index contributed by atoms with van der Waals surface area (Å²) in [6.45, 7) is 1.84. The van der Waals surface area contributed by atoms with Gasteiger partial charge in [0.05, 0.1) is 22.9 Å². The molecule has 4 heteroatoms. The van der Waals surface area contributed by atoms with Gasteiger partial charge in [-0.15, -0.1) is 0 Å². The molecule has 2 bridgehead atoms. The summed E-state index contributed by atoms with van der Waals surface area (Å²) < 4.78 is 10.1. The molecule has 4 nitrogen and oxygen atoms in total. The molecule has 3 rings (SSSR count). The molecule has 0 aromatic rings. The molecule has 3 aliphatic heterocycles. The highest BCUT2D eigenvalue weighted by atomic mass is 16.6. The minimum absolute atomic E-state index is 0.195. The third-order valence-corrected chi connectivity index (χ3v) is 3.02. The van der Waals surface area contributed by atoms with Crippen LogP contribution in [-0.4, -0.2) is 23.6 Å². The van der Waals surface area contributed by atoms with E-state index in [1.807, 2.05) is 6.92 Å². The number of hydrogen-bond donors (Lipinski definition) is 0. The van der Waals surface area contributed by atoms with Gasteiger partial charge in [0, 0.05) is 0 Å². The molecule has 0 N–H and O–H groups in total. The molecule has 1 saturated heterocycles. The van der Waals surface area contributed by atoms with Crippen LogP contribution < -0.4 is 0 Å². The van der Waals surface area contributed by atoms with E-state index in [1.54, 1.807) is 0 Å². The third kappa shape index (κ3) is 0.659. The Hall–Kier alpha value is -1.16.